The second-order valence-electron chi connectivity index (χ2n) is 5.64. The number of benzene rings is 1. The van der Waals surface area contributed by atoms with E-state index >= 15 is 0 Å². The highest BCUT2D eigenvalue weighted by Gasteiger charge is 2.18. The van der Waals surface area contributed by atoms with Gasteiger partial charge in [-0.25, -0.2) is 9.97 Å². The fourth-order valence-electron chi connectivity index (χ4n) is 2.78. The number of nitrogen functional groups attached to an aromatic ring is 2. The quantitative estimate of drug-likeness (QED) is 0.629. The maximum Gasteiger partial charge on any atom is 0.229 e. The van der Waals surface area contributed by atoms with Crippen LogP contribution in [-0.4, -0.2) is 46.1 Å². The molecule has 5 N–H and O–H groups in total. The Labute approximate surface area is 138 Å². The van der Waals surface area contributed by atoms with Gasteiger partial charge in [-0.2, -0.15) is 9.97 Å². The van der Waals surface area contributed by atoms with Gasteiger partial charge in [-0.1, -0.05) is 30.3 Å². The van der Waals surface area contributed by atoms with Crippen molar-refractivity contribution >= 4 is 28.7 Å². The van der Waals surface area contributed by atoms with Gasteiger partial charge in [-0.15, -0.1) is 0 Å². The summed E-state index contributed by atoms with van der Waals surface area (Å²) in [5.41, 5.74) is 14.6. The number of hydrogen-bond acceptors (Lipinski definition) is 8. The van der Waals surface area contributed by atoms with Crippen LogP contribution in [0.25, 0.3) is 22.4 Å². The normalized spacial score (nSPS) is 14.9. The second-order valence-corrected chi connectivity index (χ2v) is 5.64. The molecule has 24 heavy (non-hydrogen) atoms. The average Bonchev–Trinajstić information content (AvgIpc) is 2.62. The van der Waals surface area contributed by atoms with Crippen molar-refractivity contribution in [2.75, 3.05) is 42.5 Å². The lowest BCUT2D eigenvalue weighted by Gasteiger charge is -2.27. The topological polar surface area (TPSA) is 119 Å². The average molecular weight is 322 g/mol. The Bertz CT molecular complexity index is 874. The molecule has 1 aliphatic heterocycles. The van der Waals surface area contributed by atoms with E-state index in [0.29, 0.717) is 34.4 Å². The van der Waals surface area contributed by atoms with Crippen molar-refractivity contribution in [3.63, 3.8) is 0 Å². The Kier molecular flexibility index (Phi) is 3.58. The maximum atomic E-state index is 6.12. The van der Waals surface area contributed by atoms with E-state index in [1.165, 1.54) is 0 Å². The molecule has 0 amide bonds. The van der Waals surface area contributed by atoms with Gasteiger partial charge < -0.3 is 21.7 Å². The molecule has 8 nitrogen and oxygen atoms in total. The zero-order chi connectivity index (χ0) is 16.5. The minimum Gasteiger partial charge on any atom is -0.382 e. The monoisotopic (exact) mass is 322 g/mol. The highest BCUT2D eigenvalue weighted by atomic mass is 15.3. The molecule has 1 aliphatic rings. The molecular weight excluding hydrogens is 304 g/mol. The summed E-state index contributed by atoms with van der Waals surface area (Å²) >= 11 is 0. The Balaban J connectivity index is 1.82. The van der Waals surface area contributed by atoms with Crippen LogP contribution < -0.4 is 21.7 Å². The van der Waals surface area contributed by atoms with Crippen LogP contribution in [0, 0.1) is 0 Å². The van der Waals surface area contributed by atoms with Crippen molar-refractivity contribution in [2.45, 2.75) is 0 Å². The summed E-state index contributed by atoms with van der Waals surface area (Å²) in [6, 6.07) is 9.64. The van der Waals surface area contributed by atoms with E-state index in [0.717, 1.165) is 31.7 Å². The van der Waals surface area contributed by atoms with Crippen LogP contribution in [0.15, 0.2) is 30.3 Å². The SMILES string of the molecule is Nc1nc2nc(N3CCNCC3)nc(N)c2nc1-c1ccccc1. The van der Waals surface area contributed by atoms with Crippen molar-refractivity contribution in [1.29, 1.82) is 0 Å². The molecule has 0 aliphatic carbocycles. The molecule has 3 aromatic rings. The second kappa shape index (κ2) is 5.89. The van der Waals surface area contributed by atoms with Gasteiger partial charge in [-0.05, 0) is 0 Å². The first kappa shape index (κ1) is 14.6. The standard InChI is InChI=1S/C16H18N8/c17-13-11(10-4-2-1-3-5-10)20-12-14(18)22-16(23-15(12)21-13)24-8-6-19-7-9-24/h1-5,19H,6-9H2,(H4,17,18,21,22,23). The van der Waals surface area contributed by atoms with Gasteiger partial charge in [0.15, 0.2) is 22.8 Å². The Morgan fingerprint density at radius 3 is 2.38 bits per heavy atom. The fourth-order valence-corrected chi connectivity index (χ4v) is 2.78. The summed E-state index contributed by atoms with van der Waals surface area (Å²) in [6.07, 6.45) is 0. The molecule has 0 bridgehead atoms. The molecule has 1 aromatic carbocycles. The molecule has 8 heteroatoms. The predicted octanol–water partition coefficient (Wildman–Crippen LogP) is 0.661. The van der Waals surface area contributed by atoms with Crippen molar-refractivity contribution < 1.29 is 0 Å². The van der Waals surface area contributed by atoms with Crippen LogP contribution in [0.1, 0.15) is 0 Å². The number of nitrogens with two attached hydrogens (primary N) is 2. The van der Waals surface area contributed by atoms with E-state index in [1.54, 1.807) is 0 Å². The van der Waals surface area contributed by atoms with Crippen molar-refractivity contribution in [2.24, 2.45) is 0 Å². The maximum absolute atomic E-state index is 6.12. The van der Waals surface area contributed by atoms with E-state index in [9.17, 15) is 0 Å². The molecule has 1 saturated heterocycles. The smallest absolute Gasteiger partial charge is 0.229 e. The number of nitrogens with one attached hydrogen (secondary N) is 1. The van der Waals surface area contributed by atoms with Crippen LogP contribution in [0.2, 0.25) is 0 Å². The van der Waals surface area contributed by atoms with E-state index in [-0.39, 0.29) is 0 Å². The molecule has 4 rings (SSSR count). The van der Waals surface area contributed by atoms with Crippen molar-refractivity contribution in [3.8, 4) is 11.3 Å². The minimum atomic E-state index is 0.318. The first-order valence-electron chi connectivity index (χ1n) is 7.84. The molecule has 0 atom stereocenters. The molecule has 122 valence electrons. The molecule has 0 saturated carbocycles. The minimum absolute atomic E-state index is 0.318. The number of anilines is 3. The third kappa shape index (κ3) is 2.56. The van der Waals surface area contributed by atoms with Gasteiger partial charge in [0.2, 0.25) is 5.95 Å². The Morgan fingerprint density at radius 1 is 0.875 bits per heavy atom. The number of rotatable bonds is 2. The first-order valence-corrected chi connectivity index (χ1v) is 7.84. The molecule has 0 unspecified atom stereocenters. The molecule has 0 radical (unpaired) electrons. The van der Waals surface area contributed by atoms with E-state index in [2.05, 4.69) is 30.2 Å². The highest BCUT2D eigenvalue weighted by Crippen LogP contribution is 2.27. The van der Waals surface area contributed by atoms with E-state index in [4.69, 9.17) is 11.5 Å². The van der Waals surface area contributed by atoms with Gasteiger partial charge in [0.05, 0.1) is 0 Å². The van der Waals surface area contributed by atoms with Crippen LogP contribution >= 0.6 is 0 Å². The lowest BCUT2D eigenvalue weighted by Crippen LogP contribution is -2.44. The van der Waals surface area contributed by atoms with Gasteiger partial charge in [0.1, 0.15) is 5.69 Å². The summed E-state index contributed by atoms with van der Waals surface area (Å²) in [5.74, 6) is 1.22. The van der Waals surface area contributed by atoms with Gasteiger partial charge in [0, 0.05) is 31.7 Å². The van der Waals surface area contributed by atoms with E-state index in [1.807, 2.05) is 30.3 Å². The van der Waals surface area contributed by atoms with Crippen LogP contribution in [0.3, 0.4) is 0 Å². The van der Waals surface area contributed by atoms with E-state index < -0.39 is 0 Å². The molecule has 1 fully saturated rings. The molecular formula is C16H18N8. The summed E-state index contributed by atoms with van der Waals surface area (Å²) in [7, 11) is 0. The van der Waals surface area contributed by atoms with Gasteiger partial charge >= 0.3 is 0 Å². The summed E-state index contributed by atoms with van der Waals surface area (Å²) in [4.78, 5) is 20.0. The Morgan fingerprint density at radius 2 is 1.62 bits per heavy atom. The number of hydrogen-bond donors (Lipinski definition) is 3. The number of piperazine rings is 1. The van der Waals surface area contributed by atoms with Crippen LogP contribution in [0.5, 0.6) is 0 Å². The lowest BCUT2D eigenvalue weighted by atomic mass is 10.1. The summed E-state index contributed by atoms with van der Waals surface area (Å²) in [6.45, 7) is 3.44. The van der Waals surface area contributed by atoms with Crippen molar-refractivity contribution in [1.82, 2.24) is 25.3 Å². The number of fused-ring (bicyclic) bond motifs is 1. The molecule has 2 aromatic heterocycles. The zero-order valence-electron chi connectivity index (χ0n) is 13.1. The van der Waals surface area contributed by atoms with Gasteiger partial charge in [0.25, 0.3) is 0 Å². The number of aromatic nitrogens is 4. The number of nitrogens with zero attached hydrogens (tertiary/aromatic N) is 5. The van der Waals surface area contributed by atoms with Crippen LogP contribution in [0.4, 0.5) is 17.6 Å². The van der Waals surface area contributed by atoms with Crippen LogP contribution in [-0.2, 0) is 0 Å². The summed E-state index contributed by atoms with van der Waals surface area (Å²) < 4.78 is 0. The molecule has 3 heterocycles. The summed E-state index contributed by atoms with van der Waals surface area (Å²) in [5, 5.41) is 3.29. The third-order valence-electron chi connectivity index (χ3n) is 4.02. The fraction of sp³-hybridized carbons (Fsp3) is 0.250. The lowest BCUT2D eigenvalue weighted by molar-refractivity contribution is 0.580. The first-order chi connectivity index (χ1) is 11.7. The zero-order valence-corrected chi connectivity index (χ0v) is 13.1. The van der Waals surface area contributed by atoms with Gasteiger partial charge in [-0.3, -0.25) is 0 Å². The largest absolute Gasteiger partial charge is 0.382 e. The predicted molar refractivity (Wildman–Crippen MR) is 94.5 cm³/mol. The van der Waals surface area contributed by atoms with Crippen molar-refractivity contribution in [3.05, 3.63) is 30.3 Å². The highest BCUT2D eigenvalue weighted by molar-refractivity contribution is 5.87. The molecule has 0 spiro atoms. The Hall–Kier alpha value is -3.00. The third-order valence-corrected chi connectivity index (χ3v) is 4.02.